The molecule has 0 aromatic rings. The second-order valence-electron chi connectivity index (χ2n) is 8.94. The first-order chi connectivity index (χ1) is 11.1. The minimum atomic E-state index is -0.466. The van der Waals surface area contributed by atoms with E-state index in [0.717, 1.165) is 24.7 Å². The molecule has 23 heavy (non-hydrogen) atoms. The van der Waals surface area contributed by atoms with E-state index in [9.17, 15) is 5.11 Å². The van der Waals surface area contributed by atoms with Crippen molar-refractivity contribution in [2.24, 2.45) is 29.1 Å². The lowest BCUT2D eigenvalue weighted by Gasteiger charge is -2.60. The van der Waals surface area contributed by atoms with Crippen LogP contribution >= 0.6 is 0 Å². The summed E-state index contributed by atoms with van der Waals surface area (Å²) < 4.78 is 0. The SMILES string of the molecule is C=C1CCC2C3CCC4=CCCCC4C3C(O)(CC)C[C@]12CC. The molecule has 1 heteroatoms. The molecule has 128 valence electrons. The average molecular weight is 315 g/mol. The summed E-state index contributed by atoms with van der Waals surface area (Å²) in [7, 11) is 0. The molecule has 0 aromatic carbocycles. The van der Waals surface area contributed by atoms with E-state index >= 15 is 0 Å². The summed E-state index contributed by atoms with van der Waals surface area (Å²) in [5.41, 5.74) is 2.93. The minimum Gasteiger partial charge on any atom is -0.390 e. The molecular formula is C22H34O. The van der Waals surface area contributed by atoms with Gasteiger partial charge in [0.1, 0.15) is 0 Å². The highest BCUT2D eigenvalue weighted by Crippen LogP contribution is 2.67. The van der Waals surface area contributed by atoms with Crippen LogP contribution in [0.5, 0.6) is 0 Å². The molecule has 0 saturated heterocycles. The zero-order valence-electron chi connectivity index (χ0n) is 15.1. The van der Waals surface area contributed by atoms with E-state index in [1.165, 1.54) is 56.9 Å². The van der Waals surface area contributed by atoms with Crippen molar-refractivity contribution in [3.8, 4) is 0 Å². The zero-order valence-corrected chi connectivity index (χ0v) is 15.1. The number of rotatable bonds is 2. The van der Waals surface area contributed by atoms with Crippen molar-refractivity contribution in [3.63, 3.8) is 0 Å². The highest BCUT2D eigenvalue weighted by molar-refractivity contribution is 5.28. The van der Waals surface area contributed by atoms with E-state index in [-0.39, 0.29) is 5.41 Å². The molecule has 0 amide bonds. The summed E-state index contributed by atoms with van der Waals surface area (Å²) in [5, 5.41) is 11.8. The Kier molecular flexibility index (Phi) is 3.80. The van der Waals surface area contributed by atoms with Crippen LogP contribution in [0.3, 0.4) is 0 Å². The number of allylic oxidation sites excluding steroid dienone is 3. The van der Waals surface area contributed by atoms with Gasteiger partial charge in [0.25, 0.3) is 0 Å². The first-order valence-electron chi connectivity index (χ1n) is 10.2. The first-order valence-corrected chi connectivity index (χ1v) is 10.2. The Labute approximate surface area is 142 Å². The monoisotopic (exact) mass is 314 g/mol. The van der Waals surface area contributed by atoms with E-state index in [2.05, 4.69) is 26.5 Å². The lowest BCUT2D eigenvalue weighted by atomic mass is 9.46. The third-order valence-electron chi connectivity index (χ3n) is 8.44. The van der Waals surface area contributed by atoms with Crippen LogP contribution in [0.1, 0.15) is 78.1 Å². The van der Waals surface area contributed by atoms with Gasteiger partial charge in [0.2, 0.25) is 0 Å². The van der Waals surface area contributed by atoms with Gasteiger partial charge in [0.05, 0.1) is 5.60 Å². The topological polar surface area (TPSA) is 20.2 Å². The van der Waals surface area contributed by atoms with Crippen LogP contribution in [-0.2, 0) is 0 Å². The predicted molar refractivity (Wildman–Crippen MR) is 96.1 cm³/mol. The van der Waals surface area contributed by atoms with Crippen LogP contribution in [0.4, 0.5) is 0 Å². The van der Waals surface area contributed by atoms with Gasteiger partial charge in [0.15, 0.2) is 0 Å². The number of aliphatic hydroxyl groups is 1. The lowest BCUT2D eigenvalue weighted by molar-refractivity contribution is -0.162. The van der Waals surface area contributed by atoms with Crippen LogP contribution in [0.2, 0.25) is 0 Å². The highest BCUT2D eigenvalue weighted by Gasteiger charge is 2.62. The largest absolute Gasteiger partial charge is 0.390 e. The van der Waals surface area contributed by atoms with E-state index in [1.54, 1.807) is 5.57 Å². The molecule has 0 spiro atoms. The number of hydrogen-bond donors (Lipinski definition) is 1. The molecule has 0 aromatic heterocycles. The van der Waals surface area contributed by atoms with Crippen molar-refractivity contribution >= 4 is 0 Å². The third kappa shape index (κ3) is 2.08. The van der Waals surface area contributed by atoms with Gasteiger partial charge in [-0.05, 0) is 93.3 Å². The fraction of sp³-hybridized carbons (Fsp3) is 0.818. The minimum absolute atomic E-state index is 0.238. The number of hydrogen-bond acceptors (Lipinski definition) is 1. The molecule has 0 heterocycles. The molecule has 1 N–H and O–H groups in total. The molecule has 3 saturated carbocycles. The Morgan fingerprint density at radius 3 is 2.74 bits per heavy atom. The van der Waals surface area contributed by atoms with E-state index in [1.807, 2.05) is 0 Å². The van der Waals surface area contributed by atoms with Gasteiger partial charge >= 0.3 is 0 Å². The predicted octanol–water partition coefficient (Wildman–Crippen LogP) is 5.65. The van der Waals surface area contributed by atoms with Gasteiger partial charge in [-0.1, -0.05) is 37.6 Å². The quantitative estimate of drug-likeness (QED) is 0.653. The molecule has 3 fully saturated rings. The summed E-state index contributed by atoms with van der Waals surface area (Å²) in [6, 6.07) is 0. The molecule has 0 aliphatic heterocycles. The summed E-state index contributed by atoms with van der Waals surface area (Å²) in [4.78, 5) is 0. The van der Waals surface area contributed by atoms with Crippen LogP contribution in [0, 0.1) is 29.1 Å². The number of fused-ring (bicyclic) bond motifs is 5. The highest BCUT2D eigenvalue weighted by atomic mass is 16.3. The van der Waals surface area contributed by atoms with Crippen molar-refractivity contribution in [2.45, 2.75) is 83.7 Å². The molecule has 0 radical (unpaired) electrons. The lowest BCUT2D eigenvalue weighted by Crippen LogP contribution is -2.59. The molecule has 1 nitrogen and oxygen atoms in total. The summed E-state index contributed by atoms with van der Waals surface area (Å²) in [5.74, 6) is 2.72. The van der Waals surface area contributed by atoms with Crippen LogP contribution < -0.4 is 0 Å². The Hall–Kier alpha value is -0.560. The summed E-state index contributed by atoms with van der Waals surface area (Å²) >= 11 is 0. The van der Waals surface area contributed by atoms with Gasteiger partial charge in [-0.15, -0.1) is 0 Å². The summed E-state index contributed by atoms with van der Waals surface area (Å²) in [6.45, 7) is 9.04. The van der Waals surface area contributed by atoms with Gasteiger partial charge in [0, 0.05) is 0 Å². The molecule has 4 aliphatic carbocycles. The van der Waals surface area contributed by atoms with Gasteiger partial charge in [-0.2, -0.15) is 0 Å². The molecule has 6 atom stereocenters. The zero-order chi connectivity index (χ0) is 16.2. The first kappa shape index (κ1) is 15.9. The van der Waals surface area contributed by atoms with Crippen molar-refractivity contribution < 1.29 is 5.11 Å². The molecule has 0 bridgehead atoms. The molecular weight excluding hydrogens is 280 g/mol. The Bertz CT molecular complexity index is 532. The fourth-order valence-electron chi connectivity index (χ4n) is 7.35. The van der Waals surface area contributed by atoms with Crippen LogP contribution in [0.25, 0.3) is 0 Å². The van der Waals surface area contributed by atoms with Crippen molar-refractivity contribution in [2.75, 3.05) is 0 Å². The van der Waals surface area contributed by atoms with Crippen molar-refractivity contribution in [1.82, 2.24) is 0 Å². The smallest absolute Gasteiger partial charge is 0.0690 e. The Morgan fingerprint density at radius 2 is 2.00 bits per heavy atom. The van der Waals surface area contributed by atoms with Crippen molar-refractivity contribution in [3.05, 3.63) is 23.8 Å². The van der Waals surface area contributed by atoms with Crippen LogP contribution in [0.15, 0.2) is 23.8 Å². The molecule has 4 rings (SSSR count). The fourth-order valence-corrected chi connectivity index (χ4v) is 7.35. The van der Waals surface area contributed by atoms with Gasteiger partial charge in [-0.25, -0.2) is 0 Å². The summed E-state index contributed by atoms with van der Waals surface area (Å²) in [6.07, 6.45) is 14.7. The van der Waals surface area contributed by atoms with E-state index in [0.29, 0.717) is 11.8 Å². The van der Waals surface area contributed by atoms with E-state index in [4.69, 9.17) is 0 Å². The average Bonchev–Trinajstić information content (AvgIpc) is 2.91. The standard InChI is InChI=1S/C22H34O/c1-4-21-14-22(23,5-2)20-17-9-7-6-8-16(17)11-12-18(20)19(21)13-10-15(21)3/h8,17-20,23H,3-7,9-14H2,1-2H3/t17?,18?,19?,20?,21-,22?/m1/s1. The van der Waals surface area contributed by atoms with Crippen molar-refractivity contribution in [1.29, 1.82) is 0 Å². The molecule has 4 aliphatic rings. The molecule has 5 unspecified atom stereocenters. The second kappa shape index (κ2) is 5.48. The van der Waals surface area contributed by atoms with E-state index < -0.39 is 5.60 Å². The Balaban J connectivity index is 1.78. The van der Waals surface area contributed by atoms with Gasteiger partial charge in [-0.3, -0.25) is 0 Å². The maximum atomic E-state index is 11.8. The Morgan fingerprint density at radius 1 is 1.17 bits per heavy atom. The second-order valence-corrected chi connectivity index (χ2v) is 8.94. The normalized spacial score (nSPS) is 49.2. The maximum absolute atomic E-state index is 11.8. The third-order valence-corrected chi connectivity index (χ3v) is 8.44. The maximum Gasteiger partial charge on any atom is 0.0690 e. The van der Waals surface area contributed by atoms with Gasteiger partial charge < -0.3 is 5.11 Å². The van der Waals surface area contributed by atoms with Crippen LogP contribution in [-0.4, -0.2) is 10.7 Å².